The molecule has 0 aromatic rings. The number of nitrogens with one attached hydrogen (secondary N) is 1. The molecule has 0 heterocycles. The molecule has 9 heteroatoms. The SMILES string of the molecule is CCOP(N[C@H](C)C(=O)OC(C)C)SCCN(C)C(=O)OC(C)(C)C. The normalized spacial score (nSPS) is 14.1. The van der Waals surface area contributed by atoms with Crippen molar-refractivity contribution in [2.45, 2.75) is 66.2 Å². The number of ether oxygens (including phenoxy) is 2. The zero-order valence-electron chi connectivity index (χ0n) is 16.6. The maximum absolute atomic E-state index is 11.9. The van der Waals surface area contributed by atoms with Crippen LogP contribution in [-0.4, -0.2) is 60.7 Å². The second kappa shape index (κ2) is 11.9. The Balaban J connectivity index is 4.35. The van der Waals surface area contributed by atoms with Gasteiger partial charge in [0.05, 0.1) is 12.7 Å². The summed E-state index contributed by atoms with van der Waals surface area (Å²) >= 11 is 1.55. The lowest BCUT2D eigenvalue weighted by atomic mass is 10.2. The fourth-order valence-electron chi connectivity index (χ4n) is 1.47. The molecule has 7 nitrogen and oxygen atoms in total. The van der Waals surface area contributed by atoms with Crippen LogP contribution in [0, 0.1) is 0 Å². The molecule has 1 amide bonds. The van der Waals surface area contributed by atoms with Gasteiger partial charge in [0.1, 0.15) is 11.6 Å². The van der Waals surface area contributed by atoms with Crippen LogP contribution in [0.25, 0.3) is 0 Å². The molecule has 0 aromatic carbocycles. The summed E-state index contributed by atoms with van der Waals surface area (Å²) in [4.78, 5) is 25.3. The molecule has 25 heavy (non-hydrogen) atoms. The summed E-state index contributed by atoms with van der Waals surface area (Å²) in [5.74, 6) is 0.370. The first kappa shape index (κ1) is 24.4. The fourth-order valence-corrected chi connectivity index (χ4v) is 4.85. The van der Waals surface area contributed by atoms with Crippen molar-refractivity contribution in [2.75, 3.05) is 26.0 Å². The van der Waals surface area contributed by atoms with Crippen molar-refractivity contribution in [1.29, 1.82) is 0 Å². The molecule has 0 saturated carbocycles. The van der Waals surface area contributed by atoms with E-state index in [0.717, 1.165) is 0 Å². The molecule has 1 unspecified atom stereocenters. The minimum absolute atomic E-state index is 0.148. The quantitative estimate of drug-likeness (QED) is 0.445. The van der Waals surface area contributed by atoms with Crippen LogP contribution in [0.3, 0.4) is 0 Å². The Hall–Kier alpha value is -0.560. The van der Waals surface area contributed by atoms with Gasteiger partial charge in [-0.1, -0.05) is 11.4 Å². The van der Waals surface area contributed by atoms with Gasteiger partial charge in [-0.15, -0.1) is 0 Å². The molecule has 0 bridgehead atoms. The van der Waals surface area contributed by atoms with Gasteiger partial charge in [-0.3, -0.25) is 9.88 Å². The molecule has 0 saturated heterocycles. The zero-order valence-corrected chi connectivity index (χ0v) is 18.3. The number of carbonyl (C=O) groups excluding carboxylic acids is 2. The van der Waals surface area contributed by atoms with Crippen molar-refractivity contribution in [3.8, 4) is 0 Å². The minimum Gasteiger partial charge on any atom is -0.462 e. The predicted octanol–water partition coefficient (Wildman–Crippen LogP) is 3.78. The Morgan fingerprint density at radius 3 is 2.32 bits per heavy atom. The van der Waals surface area contributed by atoms with E-state index in [0.29, 0.717) is 18.9 Å². The molecule has 0 rings (SSSR count). The van der Waals surface area contributed by atoms with Crippen LogP contribution < -0.4 is 5.09 Å². The van der Waals surface area contributed by atoms with Crippen molar-refractivity contribution >= 4 is 30.9 Å². The van der Waals surface area contributed by atoms with E-state index in [2.05, 4.69) is 5.09 Å². The van der Waals surface area contributed by atoms with Crippen LogP contribution in [0.2, 0.25) is 0 Å². The van der Waals surface area contributed by atoms with E-state index >= 15 is 0 Å². The van der Waals surface area contributed by atoms with Gasteiger partial charge in [-0.25, -0.2) is 4.79 Å². The molecule has 0 spiro atoms. The number of carbonyl (C=O) groups is 2. The van der Waals surface area contributed by atoms with Crippen LogP contribution in [0.15, 0.2) is 0 Å². The number of hydrogen-bond donors (Lipinski definition) is 1. The minimum atomic E-state index is -1.05. The second-order valence-electron chi connectivity index (χ2n) is 6.75. The highest BCUT2D eigenvalue weighted by Gasteiger charge is 2.22. The first-order valence-corrected chi connectivity index (χ1v) is 11.3. The number of amides is 1. The van der Waals surface area contributed by atoms with Crippen LogP contribution in [0.1, 0.15) is 48.5 Å². The Labute approximate surface area is 157 Å². The maximum atomic E-state index is 11.9. The Kier molecular flexibility index (Phi) is 11.7. The first-order valence-electron chi connectivity index (χ1n) is 8.43. The predicted molar refractivity (Wildman–Crippen MR) is 104 cm³/mol. The van der Waals surface area contributed by atoms with Gasteiger partial charge in [0.15, 0.2) is 7.50 Å². The number of rotatable bonds is 10. The highest BCUT2D eigenvalue weighted by molar-refractivity contribution is 8.53. The molecule has 0 aliphatic heterocycles. The van der Waals surface area contributed by atoms with E-state index < -0.39 is 19.1 Å². The Morgan fingerprint density at radius 1 is 1.24 bits per heavy atom. The number of esters is 1. The van der Waals surface area contributed by atoms with Gasteiger partial charge in [-0.2, -0.15) is 0 Å². The molecular formula is C16H33N2O5PS. The van der Waals surface area contributed by atoms with Crippen molar-refractivity contribution in [3.05, 3.63) is 0 Å². The van der Waals surface area contributed by atoms with E-state index in [1.54, 1.807) is 25.4 Å². The standard InChI is InChI=1S/C16H33N2O5PS/c1-9-21-24(17-13(4)14(19)22-12(2)3)25-11-10-18(8)15(20)23-16(5,6)7/h12-13,17H,9-11H2,1-8H3/t13-,24?/m1/s1. The largest absolute Gasteiger partial charge is 0.462 e. The molecule has 0 aromatic heterocycles. The maximum Gasteiger partial charge on any atom is 0.410 e. The molecule has 2 atom stereocenters. The molecule has 1 N–H and O–H groups in total. The smallest absolute Gasteiger partial charge is 0.410 e. The molecule has 148 valence electrons. The van der Waals surface area contributed by atoms with Gasteiger partial charge < -0.3 is 18.9 Å². The Morgan fingerprint density at radius 2 is 1.84 bits per heavy atom. The summed E-state index contributed by atoms with van der Waals surface area (Å²) in [6.45, 7) is 13.9. The average Bonchev–Trinajstić information content (AvgIpc) is 2.44. The third-order valence-corrected chi connectivity index (χ3v) is 6.17. The summed E-state index contributed by atoms with van der Waals surface area (Å²) in [7, 11) is 0.655. The number of hydrogen-bond acceptors (Lipinski definition) is 7. The molecule has 0 radical (unpaired) electrons. The monoisotopic (exact) mass is 396 g/mol. The number of nitrogens with zero attached hydrogens (tertiary/aromatic N) is 1. The van der Waals surface area contributed by atoms with Gasteiger partial charge in [0, 0.05) is 19.3 Å². The lowest BCUT2D eigenvalue weighted by molar-refractivity contribution is -0.148. The third kappa shape index (κ3) is 12.4. The summed E-state index contributed by atoms with van der Waals surface area (Å²) in [6.07, 6.45) is -0.499. The first-order chi connectivity index (χ1) is 11.5. The van der Waals surface area contributed by atoms with Crippen molar-refractivity contribution in [3.63, 3.8) is 0 Å². The van der Waals surface area contributed by atoms with Crippen LogP contribution in [0.5, 0.6) is 0 Å². The van der Waals surface area contributed by atoms with Gasteiger partial charge in [0.2, 0.25) is 0 Å². The van der Waals surface area contributed by atoms with Gasteiger partial charge >= 0.3 is 12.1 Å². The van der Waals surface area contributed by atoms with Crippen LogP contribution in [0.4, 0.5) is 4.79 Å². The molecular weight excluding hydrogens is 363 g/mol. The van der Waals surface area contributed by atoms with Gasteiger partial charge in [0.25, 0.3) is 0 Å². The molecule has 0 aliphatic carbocycles. The highest BCUT2D eigenvalue weighted by Crippen LogP contribution is 2.47. The van der Waals surface area contributed by atoms with E-state index in [9.17, 15) is 9.59 Å². The van der Waals surface area contributed by atoms with Crippen molar-refractivity contribution in [2.24, 2.45) is 0 Å². The van der Waals surface area contributed by atoms with Crippen molar-refractivity contribution in [1.82, 2.24) is 9.99 Å². The fraction of sp³-hybridized carbons (Fsp3) is 0.875. The zero-order chi connectivity index (χ0) is 19.6. The van der Waals surface area contributed by atoms with E-state index in [-0.39, 0.29) is 18.2 Å². The third-order valence-electron chi connectivity index (χ3n) is 2.59. The molecule has 0 fully saturated rings. The summed E-state index contributed by atoms with van der Waals surface area (Å²) < 4.78 is 16.2. The topological polar surface area (TPSA) is 77.1 Å². The van der Waals surface area contributed by atoms with Crippen molar-refractivity contribution < 1.29 is 23.6 Å². The Bertz CT molecular complexity index is 418. The summed E-state index contributed by atoms with van der Waals surface area (Å²) in [5, 5.41) is 3.16. The van der Waals surface area contributed by atoms with E-state index in [1.807, 2.05) is 41.5 Å². The lowest BCUT2D eigenvalue weighted by Crippen LogP contribution is -2.35. The summed E-state index contributed by atoms with van der Waals surface area (Å²) in [5.41, 5.74) is -0.510. The van der Waals surface area contributed by atoms with Gasteiger partial charge in [-0.05, 0) is 48.5 Å². The van der Waals surface area contributed by atoms with Crippen LogP contribution in [-0.2, 0) is 18.8 Å². The van der Waals surface area contributed by atoms with E-state index in [4.69, 9.17) is 14.0 Å². The van der Waals surface area contributed by atoms with Crippen LogP contribution >= 0.6 is 18.9 Å². The highest BCUT2D eigenvalue weighted by atomic mass is 32.7. The average molecular weight is 396 g/mol. The summed E-state index contributed by atoms with van der Waals surface area (Å²) in [6, 6.07) is -0.448. The second-order valence-corrected chi connectivity index (χ2v) is 10.2. The van der Waals surface area contributed by atoms with E-state index in [1.165, 1.54) is 4.90 Å². The lowest BCUT2D eigenvalue weighted by Gasteiger charge is -2.25. The molecule has 0 aliphatic rings.